The summed E-state index contributed by atoms with van der Waals surface area (Å²) >= 11 is 0. The molecule has 2 aromatic heterocycles. The highest BCUT2D eigenvalue weighted by Gasteiger charge is 2.36. The van der Waals surface area contributed by atoms with Gasteiger partial charge in [-0.2, -0.15) is 5.10 Å². The van der Waals surface area contributed by atoms with E-state index in [9.17, 15) is 9.90 Å². The molecule has 2 unspecified atom stereocenters. The number of benzene rings is 1. The molecule has 1 aliphatic heterocycles. The van der Waals surface area contributed by atoms with Crippen LogP contribution in [0.3, 0.4) is 0 Å². The first-order valence-corrected chi connectivity index (χ1v) is 8.42. The molecule has 0 saturated carbocycles. The Labute approximate surface area is 149 Å². The Morgan fingerprint density at radius 1 is 1.31 bits per heavy atom. The van der Waals surface area contributed by atoms with E-state index in [1.807, 2.05) is 24.4 Å². The Morgan fingerprint density at radius 3 is 2.96 bits per heavy atom. The number of phenols is 1. The van der Waals surface area contributed by atoms with Crippen molar-refractivity contribution in [3.63, 3.8) is 0 Å². The molecule has 1 fully saturated rings. The lowest BCUT2D eigenvalue weighted by atomic mass is 9.85. The van der Waals surface area contributed by atoms with Crippen molar-refractivity contribution >= 4 is 0 Å². The molecule has 0 spiro atoms. The number of phenolic OH excluding ortho intramolecular Hbond substituents is 1. The first-order valence-electron chi connectivity index (χ1n) is 8.42. The smallest absolute Gasteiger partial charge is 0.270 e. The minimum absolute atomic E-state index is 0.0515. The molecule has 3 aromatic rings. The fourth-order valence-electron chi connectivity index (χ4n) is 3.59. The molecule has 4 N–H and O–H groups in total. The fraction of sp³-hybridized carbons (Fsp3) is 0.278. The van der Waals surface area contributed by atoms with Crippen LogP contribution in [0.2, 0.25) is 0 Å². The van der Waals surface area contributed by atoms with Gasteiger partial charge in [0.25, 0.3) is 5.56 Å². The van der Waals surface area contributed by atoms with Crippen LogP contribution < -0.4 is 16.6 Å². The van der Waals surface area contributed by atoms with Crippen molar-refractivity contribution < 1.29 is 5.11 Å². The summed E-state index contributed by atoms with van der Waals surface area (Å²) in [5.41, 5.74) is 7.07. The molecular formula is C18H20N6O2. The standard InChI is InChI=1S/C18H20N6O2/c19-18(23-7-5-20-11-17(23)26)9-13(10-21-12-18)15-8-14(2-3-16(15)25)24-6-1-4-22-24/h1-8,11,13,21,25H,9-10,12,19H2. The predicted octanol–water partition coefficient (Wildman–Crippen LogP) is 0.523. The highest BCUT2D eigenvalue weighted by molar-refractivity contribution is 5.45. The first kappa shape index (κ1) is 16.5. The summed E-state index contributed by atoms with van der Waals surface area (Å²) in [7, 11) is 0. The molecular weight excluding hydrogens is 332 g/mol. The van der Waals surface area contributed by atoms with Crippen LogP contribution in [-0.4, -0.2) is 37.5 Å². The van der Waals surface area contributed by atoms with Crippen LogP contribution in [0.5, 0.6) is 5.75 Å². The second-order valence-electron chi connectivity index (χ2n) is 6.61. The van der Waals surface area contributed by atoms with Gasteiger partial charge in [0.1, 0.15) is 11.4 Å². The van der Waals surface area contributed by atoms with Crippen LogP contribution in [0.15, 0.2) is 60.0 Å². The van der Waals surface area contributed by atoms with E-state index in [4.69, 9.17) is 5.73 Å². The van der Waals surface area contributed by atoms with Crippen molar-refractivity contribution in [3.05, 3.63) is 71.2 Å². The normalized spacial score (nSPS) is 23.0. The number of nitrogens with one attached hydrogen (secondary N) is 1. The predicted molar refractivity (Wildman–Crippen MR) is 96.1 cm³/mol. The number of aromatic nitrogens is 4. The van der Waals surface area contributed by atoms with E-state index in [-0.39, 0.29) is 17.2 Å². The largest absolute Gasteiger partial charge is 0.508 e. The Morgan fingerprint density at radius 2 is 2.19 bits per heavy atom. The van der Waals surface area contributed by atoms with Crippen LogP contribution in [0.4, 0.5) is 0 Å². The number of piperidine rings is 1. The summed E-state index contributed by atoms with van der Waals surface area (Å²) in [6, 6.07) is 7.23. The summed E-state index contributed by atoms with van der Waals surface area (Å²) in [4.78, 5) is 16.0. The second kappa shape index (κ2) is 6.40. The highest BCUT2D eigenvalue weighted by atomic mass is 16.3. The van der Waals surface area contributed by atoms with E-state index in [0.717, 1.165) is 11.3 Å². The quantitative estimate of drug-likeness (QED) is 0.634. The molecule has 134 valence electrons. The third-order valence-corrected chi connectivity index (χ3v) is 4.85. The lowest BCUT2D eigenvalue weighted by molar-refractivity contribution is 0.193. The minimum atomic E-state index is -0.892. The molecule has 1 aliphatic rings. The Balaban J connectivity index is 1.69. The molecule has 8 nitrogen and oxygen atoms in total. The van der Waals surface area contributed by atoms with Gasteiger partial charge in [-0.25, -0.2) is 4.68 Å². The van der Waals surface area contributed by atoms with Crippen LogP contribution in [-0.2, 0) is 5.66 Å². The van der Waals surface area contributed by atoms with Gasteiger partial charge >= 0.3 is 0 Å². The summed E-state index contributed by atoms with van der Waals surface area (Å²) < 4.78 is 3.25. The number of nitrogens with two attached hydrogens (primary N) is 1. The number of aromatic hydroxyl groups is 1. The molecule has 26 heavy (non-hydrogen) atoms. The first-order chi connectivity index (χ1) is 12.6. The van der Waals surface area contributed by atoms with Gasteiger partial charge in [-0.1, -0.05) is 0 Å². The van der Waals surface area contributed by atoms with Gasteiger partial charge in [-0.3, -0.25) is 14.3 Å². The molecule has 3 heterocycles. The SMILES string of the molecule is NC1(n2ccncc2=O)CNCC(c2cc(-n3cccn3)ccc2O)C1. The third-order valence-electron chi connectivity index (χ3n) is 4.85. The zero-order valence-corrected chi connectivity index (χ0v) is 14.1. The van der Waals surface area contributed by atoms with Gasteiger partial charge < -0.3 is 16.2 Å². The topological polar surface area (TPSA) is 111 Å². The Hall–Kier alpha value is -2.97. The maximum atomic E-state index is 12.2. The second-order valence-corrected chi connectivity index (χ2v) is 6.61. The number of hydrogen-bond acceptors (Lipinski definition) is 6. The van der Waals surface area contributed by atoms with Crippen molar-refractivity contribution in [2.45, 2.75) is 18.0 Å². The molecule has 8 heteroatoms. The summed E-state index contributed by atoms with van der Waals surface area (Å²) in [6.45, 7) is 1.13. The third kappa shape index (κ3) is 2.89. The van der Waals surface area contributed by atoms with Crippen molar-refractivity contribution in [3.8, 4) is 11.4 Å². The maximum Gasteiger partial charge on any atom is 0.270 e. The zero-order valence-electron chi connectivity index (χ0n) is 14.1. The molecule has 0 amide bonds. The van der Waals surface area contributed by atoms with E-state index in [1.54, 1.807) is 29.3 Å². The van der Waals surface area contributed by atoms with E-state index >= 15 is 0 Å². The summed E-state index contributed by atoms with van der Waals surface area (Å²) in [6.07, 6.45) is 8.48. The van der Waals surface area contributed by atoms with E-state index in [1.165, 1.54) is 10.8 Å². The molecule has 1 saturated heterocycles. The molecule has 2 atom stereocenters. The molecule has 0 aliphatic carbocycles. The van der Waals surface area contributed by atoms with Gasteiger partial charge in [-0.05, 0) is 30.7 Å². The minimum Gasteiger partial charge on any atom is -0.508 e. The van der Waals surface area contributed by atoms with Crippen LogP contribution in [0, 0.1) is 0 Å². The average Bonchev–Trinajstić information content (AvgIpc) is 3.17. The van der Waals surface area contributed by atoms with Gasteiger partial charge in [0.15, 0.2) is 0 Å². The number of nitrogens with zero attached hydrogens (tertiary/aromatic N) is 4. The average molecular weight is 352 g/mol. The van der Waals surface area contributed by atoms with Gasteiger partial charge in [0.2, 0.25) is 0 Å². The van der Waals surface area contributed by atoms with Gasteiger partial charge in [0, 0.05) is 49.4 Å². The fourth-order valence-corrected chi connectivity index (χ4v) is 3.59. The van der Waals surface area contributed by atoms with Crippen molar-refractivity contribution in [1.82, 2.24) is 24.6 Å². The van der Waals surface area contributed by atoms with E-state index in [2.05, 4.69) is 15.4 Å². The maximum absolute atomic E-state index is 12.2. The lowest BCUT2D eigenvalue weighted by Gasteiger charge is -2.40. The van der Waals surface area contributed by atoms with Gasteiger partial charge in [0.05, 0.1) is 11.9 Å². The van der Waals surface area contributed by atoms with Crippen LogP contribution in [0.25, 0.3) is 5.69 Å². The highest BCUT2D eigenvalue weighted by Crippen LogP contribution is 2.35. The molecule has 0 bridgehead atoms. The van der Waals surface area contributed by atoms with Crippen LogP contribution >= 0.6 is 0 Å². The Kier molecular flexibility index (Phi) is 4.06. The van der Waals surface area contributed by atoms with E-state index < -0.39 is 5.66 Å². The number of hydrogen-bond donors (Lipinski definition) is 3. The molecule has 0 radical (unpaired) electrons. The monoisotopic (exact) mass is 352 g/mol. The summed E-state index contributed by atoms with van der Waals surface area (Å²) in [5, 5.41) is 17.9. The van der Waals surface area contributed by atoms with Crippen molar-refractivity contribution in [2.75, 3.05) is 13.1 Å². The molecule has 1 aromatic carbocycles. The summed E-state index contributed by atoms with van der Waals surface area (Å²) in [5.74, 6) is 0.156. The number of rotatable bonds is 3. The lowest BCUT2D eigenvalue weighted by Crippen LogP contribution is -2.59. The van der Waals surface area contributed by atoms with Crippen LogP contribution in [0.1, 0.15) is 17.9 Å². The van der Waals surface area contributed by atoms with E-state index in [0.29, 0.717) is 19.5 Å². The van der Waals surface area contributed by atoms with Crippen molar-refractivity contribution in [2.24, 2.45) is 5.73 Å². The molecule has 4 rings (SSSR count). The van der Waals surface area contributed by atoms with Crippen molar-refractivity contribution in [1.29, 1.82) is 0 Å². The van der Waals surface area contributed by atoms with Gasteiger partial charge in [-0.15, -0.1) is 0 Å². The zero-order chi connectivity index (χ0) is 18.1. The Bertz CT molecular complexity index is 968.